The third-order valence-electron chi connectivity index (χ3n) is 3.62. The number of carbonyl (C=O) groups excluding carboxylic acids is 1. The van der Waals surface area contributed by atoms with Crippen molar-refractivity contribution in [3.05, 3.63) is 35.4 Å². The summed E-state index contributed by atoms with van der Waals surface area (Å²) in [5.74, 6) is -1.78. The standard InChI is InChI=1S/C16H21F2NO2/c1-2-8-21-13-4-3-7-19(10-13)11-16(20)14-6-5-12(17)9-15(14)18/h5-6,9,13H,2-4,7-8,10-11H2,1H3. The first-order valence-electron chi connectivity index (χ1n) is 7.42. The minimum absolute atomic E-state index is 0.0481. The summed E-state index contributed by atoms with van der Waals surface area (Å²) in [6, 6.07) is 3.07. The molecule has 1 aromatic carbocycles. The van der Waals surface area contributed by atoms with Crippen LogP contribution < -0.4 is 0 Å². The van der Waals surface area contributed by atoms with Crippen LogP contribution >= 0.6 is 0 Å². The Morgan fingerprint density at radius 2 is 2.24 bits per heavy atom. The lowest BCUT2D eigenvalue weighted by Gasteiger charge is -2.32. The lowest BCUT2D eigenvalue weighted by Crippen LogP contribution is -2.42. The Morgan fingerprint density at radius 1 is 1.43 bits per heavy atom. The third kappa shape index (κ3) is 4.58. The number of Topliss-reactive ketones (excluding diaryl/α,β-unsaturated/α-hetero) is 1. The highest BCUT2D eigenvalue weighted by atomic mass is 19.1. The van der Waals surface area contributed by atoms with Crippen molar-refractivity contribution in [3.63, 3.8) is 0 Å². The number of rotatable bonds is 6. The molecule has 5 heteroatoms. The van der Waals surface area contributed by atoms with Crippen molar-refractivity contribution in [2.24, 2.45) is 0 Å². The fourth-order valence-electron chi connectivity index (χ4n) is 2.58. The van der Waals surface area contributed by atoms with E-state index in [-0.39, 0.29) is 24.0 Å². The number of likely N-dealkylation sites (tertiary alicyclic amines) is 1. The summed E-state index contributed by atoms with van der Waals surface area (Å²) in [5.41, 5.74) is -0.0481. The van der Waals surface area contributed by atoms with Gasteiger partial charge in [-0.1, -0.05) is 6.92 Å². The smallest absolute Gasteiger partial charge is 0.179 e. The van der Waals surface area contributed by atoms with Crippen LogP contribution in [-0.4, -0.2) is 43.0 Å². The normalized spacial score (nSPS) is 19.7. The number of hydrogen-bond acceptors (Lipinski definition) is 3. The van der Waals surface area contributed by atoms with E-state index in [1.165, 1.54) is 6.07 Å². The number of ether oxygens (including phenoxy) is 1. The van der Waals surface area contributed by atoms with Crippen molar-refractivity contribution in [1.29, 1.82) is 0 Å². The average Bonchev–Trinajstić information content (AvgIpc) is 2.45. The fraction of sp³-hybridized carbons (Fsp3) is 0.562. The lowest BCUT2D eigenvalue weighted by molar-refractivity contribution is 0.00128. The number of nitrogens with zero attached hydrogens (tertiary/aromatic N) is 1. The number of ketones is 1. The monoisotopic (exact) mass is 297 g/mol. The van der Waals surface area contributed by atoms with Gasteiger partial charge in [0, 0.05) is 19.2 Å². The molecule has 2 rings (SSSR count). The Bertz CT molecular complexity index is 493. The largest absolute Gasteiger partial charge is 0.377 e. The summed E-state index contributed by atoms with van der Waals surface area (Å²) < 4.78 is 32.2. The van der Waals surface area contributed by atoms with Crippen LogP contribution in [0, 0.1) is 11.6 Å². The summed E-state index contributed by atoms with van der Waals surface area (Å²) in [5, 5.41) is 0. The molecule has 116 valence electrons. The molecule has 0 aromatic heterocycles. The lowest BCUT2D eigenvalue weighted by atomic mass is 10.1. The van der Waals surface area contributed by atoms with Gasteiger partial charge in [0.25, 0.3) is 0 Å². The van der Waals surface area contributed by atoms with Gasteiger partial charge in [0.1, 0.15) is 11.6 Å². The number of benzene rings is 1. The van der Waals surface area contributed by atoms with Crippen LogP contribution in [0.2, 0.25) is 0 Å². The van der Waals surface area contributed by atoms with E-state index in [4.69, 9.17) is 4.74 Å². The summed E-state index contributed by atoms with van der Waals surface area (Å²) >= 11 is 0. The summed E-state index contributed by atoms with van der Waals surface area (Å²) in [6.07, 6.45) is 3.07. The second kappa shape index (κ2) is 7.61. The molecule has 1 saturated heterocycles. The Morgan fingerprint density at radius 3 is 2.95 bits per heavy atom. The third-order valence-corrected chi connectivity index (χ3v) is 3.62. The van der Waals surface area contributed by atoms with Crippen molar-refractivity contribution in [2.75, 3.05) is 26.2 Å². The second-order valence-electron chi connectivity index (χ2n) is 5.42. The van der Waals surface area contributed by atoms with Gasteiger partial charge in [0.15, 0.2) is 5.78 Å². The molecule has 21 heavy (non-hydrogen) atoms. The molecular formula is C16H21F2NO2. The highest BCUT2D eigenvalue weighted by Gasteiger charge is 2.23. The molecule has 0 radical (unpaired) electrons. The molecule has 0 bridgehead atoms. The zero-order chi connectivity index (χ0) is 15.2. The van der Waals surface area contributed by atoms with Gasteiger partial charge in [0.2, 0.25) is 0 Å². The van der Waals surface area contributed by atoms with E-state index < -0.39 is 11.6 Å². The van der Waals surface area contributed by atoms with E-state index in [1.54, 1.807) is 0 Å². The summed E-state index contributed by atoms with van der Waals surface area (Å²) in [6.45, 7) is 4.42. The van der Waals surface area contributed by atoms with E-state index in [0.29, 0.717) is 6.54 Å². The zero-order valence-corrected chi connectivity index (χ0v) is 12.3. The Hall–Kier alpha value is -1.33. The van der Waals surface area contributed by atoms with Gasteiger partial charge in [-0.05, 0) is 37.9 Å². The predicted octanol–water partition coefficient (Wildman–Crippen LogP) is 3.04. The molecule has 0 spiro atoms. The Balaban J connectivity index is 1.92. The fourth-order valence-corrected chi connectivity index (χ4v) is 2.58. The molecular weight excluding hydrogens is 276 g/mol. The minimum atomic E-state index is -0.796. The van der Waals surface area contributed by atoms with Crippen LogP contribution in [0.3, 0.4) is 0 Å². The first kappa shape index (κ1) is 16.0. The highest BCUT2D eigenvalue weighted by Crippen LogP contribution is 2.16. The quantitative estimate of drug-likeness (QED) is 0.756. The molecule has 0 amide bonds. The van der Waals surface area contributed by atoms with Crippen LogP contribution in [0.25, 0.3) is 0 Å². The number of carbonyl (C=O) groups is 1. The van der Waals surface area contributed by atoms with E-state index in [0.717, 1.165) is 44.5 Å². The number of hydrogen-bond donors (Lipinski definition) is 0. The average molecular weight is 297 g/mol. The summed E-state index contributed by atoms with van der Waals surface area (Å²) in [4.78, 5) is 14.1. The van der Waals surface area contributed by atoms with Crippen LogP contribution in [0.5, 0.6) is 0 Å². The van der Waals surface area contributed by atoms with Crippen molar-refractivity contribution in [3.8, 4) is 0 Å². The Labute approximate surface area is 123 Å². The van der Waals surface area contributed by atoms with Gasteiger partial charge in [-0.25, -0.2) is 8.78 Å². The van der Waals surface area contributed by atoms with Crippen molar-refractivity contribution in [1.82, 2.24) is 4.90 Å². The SMILES string of the molecule is CCCOC1CCCN(CC(=O)c2ccc(F)cc2F)C1. The van der Waals surface area contributed by atoms with Gasteiger partial charge in [0.05, 0.1) is 18.2 Å². The van der Waals surface area contributed by atoms with Crippen LogP contribution in [0.1, 0.15) is 36.5 Å². The van der Waals surface area contributed by atoms with Crippen LogP contribution in [0.4, 0.5) is 8.78 Å². The number of halogens is 2. The molecule has 1 heterocycles. The molecule has 1 atom stereocenters. The highest BCUT2D eigenvalue weighted by molar-refractivity contribution is 5.97. The maximum Gasteiger partial charge on any atom is 0.179 e. The topological polar surface area (TPSA) is 29.5 Å². The molecule has 3 nitrogen and oxygen atoms in total. The molecule has 1 aliphatic heterocycles. The van der Waals surface area contributed by atoms with E-state index in [9.17, 15) is 13.6 Å². The summed E-state index contributed by atoms with van der Waals surface area (Å²) in [7, 11) is 0. The second-order valence-corrected chi connectivity index (χ2v) is 5.42. The van der Waals surface area contributed by atoms with Gasteiger partial charge in [-0.15, -0.1) is 0 Å². The van der Waals surface area contributed by atoms with Crippen molar-refractivity contribution in [2.45, 2.75) is 32.3 Å². The molecule has 1 fully saturated rings. The molecule has 1 unspecified atom stereocenters. The van der Waals surface area contributed by atoms with Gasteiger partial charge in [-0.2, -0.15) is 0 Å². The van der Waals surface area contributed by atoms with Gasteiger partial charge >= 0.3 is 0 Å². The van der Waals surface area contributed by atoms with Gasteiger partial charge < -0.3 is 4.74 Å². The van der Waals surface area contributed by atoms with Crippen LogP contribution in [-0.2, 0) is 4.74 Å². The minimum Gasteiger partial charge on any atom is -0.377 e. The number of piperidine rings is 1. The van der Waals surface area contributed by atoms with Crippen molar-refractivity contribution >= 4 is 5.78 Å². The maximum atomic E-state index is 13.6. The van der Waals surface area contributed by atoms with Crippen molar-refractivity contribution < 1.29 is 18.3 Å². The van der Waals surface area contributed by atoms with E-state index in [2.05, 4.69) is 6.92 Å². The zero-order valence-electron chi connectivity index (χ0n) is 12.3. The molecule has 0 N–H and O–H groups in total. The van der Waals surface area contributed by atoms with Gasteiger partial charge in [-0.3, -0.25) is 9.69 Å². The molecule has 1 aromatic rings. The molecule has 0 aliphatic carbocycles. The first-order valence-corrected chi connectivity index (χ1v) is 7.42. The Kier molecular flexibility index (Phi) is 5.82. The predicted molar refractivity (Wildman–Crippen MR) is 76.4 cm³/mol. The molecule has 0 saturated carbocycles. The molecule has 1 aliphatic rings. The first-order chi connectivity index (χ1) is 10.1. The van der Waals surface area contributed by atoms with E-state index in [1.807, 2.05) is 4.90 Å². The van der Waals surface area contributed by atoms with E-state index >= 15 is 0 Å². The maximum absolute atomic E-state index is 13.6. The van der Waals surface area contributed by atoms with Crippen LogP contribution in [0.15, 0.2) is 18.2 Å².